The monoisotopic (exact) mass is 528 g/mol. The number of aromatic nitrogens is 2. The van der Waals surface area contributed by atoms with Crippen LogP contribution in [0.5, 0.6) is 5.75 Å². The molecule has 0 aliphatic carbocycles. The van der Waals surface area contributed by atoms with E-state index >= 15 is 0 Å². The number of carbonyl (C=O) groups is 1. The summed E-state index contributed by atoms with van der Waals surface area (Å²) in [4.78, 5) is 12.8. The van der Waals surface area contributed by atoms with Gasteiger partial charge >= 0.3 is 6.01 Å². The van der Waals surface area contributed by atoms with Gasteiger partial charge in [0.15, 0.2) is 9.84 Å². The number of hydrogen-bond donors (Lipinski definition) is 2. The van der Waals surface area contributed by atoms with Crippen LogP contribution in [0.1, 0.15) is 10.4 Å². The molecule has 0 saturated carbocycles. The maximum atomic E-state index is 12.7. The van der Waals surface area contributed by atoms with E-state index in [1.807, 2.05) is 0 Å². The molecule has 1 amide bonds. The van der Waals surface area contributed by atoms with Gasteiger partial charge in [0.1, 0.15) is 5.75 Å². The van der Waals surface area contributed by atoms with Gasteiger partial charge in [0.25, 0.3) is 15.9 Å². The van der Waals surface area contributed by atoms with Crippen molar-refractivity contribution < 1.29 is 30.8 Å². The third-order valence-corrected chi connectivity index (χ3v) is 7.45. The Balaban J connectivity index is 1.46. The molecule has 0 aliphatic heterocycles. The molecule has 0 bridgehead atoms. The summed E-state index contributed by atoms with van der Waals surface area (Å²) in [5.41, 5.74) is 0.781. The van der Waals surface area contributed by atoms with Crippen molar-refractivity contribution in [3.8, 4) is 17.2 Å². The Morgan fingerprint density at radius 2 is 1.56 bits per heavy atom. The van der Waals surface area contributed by atoms with E-state index in [1.54, 1.807) is 0 Å². The highest BCUT2D eigenvalue weighted by Gasteiger charge is 2.17. The van der Waals surface area contributed by atoms with E-state index in [4.69, 9.17) is 9.15 Å². The minimum atomic E-state index is -3.90. The lowest BCUT2D eigenvalue weighted by Gasteiger charge is -2.10. The third kappa shape index (κ3) is 5.70. The Morgan fingerprint density at radius 3 is 2.19 bits per heavy atom. The van der Waals surface area contributed by atoms with Crippen LogP contribution in [0.15, 0.2) is 87.0 Å². The van der Waals surface area contributed by atoms with E-state index < -0.39 is 25.8 Å². The van der Waals surface area contributed by atoms with Crippen LogP contribution in [0.3, 0.4) is 0 Å². The third-order valence-electron chi connectivity index (χ3n) is 4.92. The number of nitrogens with one attached hydrogen (secondary N) is 2. The first-order valence-electron chi connectivity index (χ1n) is 10.3. The number of ether oxygens (including phenoxy) is 1. The van der Waals surface area contributed by atoms with Crippen molar-refractivity contribution in [2.75, 3.05) is 23.4 Å². The van der Waals surface area contributed by atoms with Crippen LogP contribution in [-0.2, 0) is 19.9 Å². The quantitative estimate of drug-likeness (QED) is 0.350. The van der Waals surface area contributed by atoms with Gasteiger partial charge in [-0.3, -0.25) is 14.8 Å². The van der Waals surface area contributed by atoms with Crippen LogP contribution in [0.4, 0.5) is 11.7 Å². The molecule has 0 radical (unpaired) electrons. The number of hydrogen-bond acceptors (Lipinski definition) is 9. The van der Waals surface area contributed by atoms with Crippen molar-refractivity contribution >= 4 is 37.5 Å². The summed E-state index contributed by atoms with van der Waals surface area (Å²) >= 11 is 0. The Hall–Kier alpha value is -4.23. The summed E-state index contributed by atoms with van der Waals surface area (Å²) in [7, 11) is -5.77. The van der Waals surface area contributed by atoms with Crippen molar-refractivity contribution in [1.82, 2.24) is 10.2 Å². The van der Waals surface area contributed by atoms with E-state index in [0.717, 1.165) is 6.26 Å². The van der Waals surface area contributed by atoms with Gasteiger partial charge < -0.3 is 9.15 Å². The van der Waals surface area contributed by atoms with Gasteiger partial charge in [-0.2, -0.15) is 0 Å². The molecule has 11 nitrogen and oxygen atoms in total. The number of amides is 1. The van der Waals surface area contributed by atoms with Gasteiger partial charge in [-0.1, -0.05) is 11.2 Å². The first kappa shape index (κ1) is 24.9. The Morgan fingerprint density at radius 1 is 0.889 bits per heavy atom. The van der Waals surface area contributed by atoms with Crippen molar-refractivity contribution in [1.29, 1.82) is 0 Å². The van der Waals surface area contributed by atoms with Crippen LogP contribution in [0.2, 0.25) is 0 Å². The van der Waals surface area contributed by atoms with E-state index in [2.05, 4.69) is 20.2 Å². The second-order valence-electron chi connectivity index (χ2n) is 7.52. The highest BCUT2D eigenvalue weighted by Crippen LogP contribution is 2.23. The van der Waals surface area contributed by atoms with Crippen molar-refractivity contribution in [3.63, 3.8) is 0 Å². The number of benzene rings is 3. The van der Waals surface area contributed by atoms with Crippen LogP contribution < -0.4 is 14.8 Å². The first-order valence-corrected chi connectivity index (χ1v) is 13.6. The zero-order valence-electron chi connectivity index (χ0n) is 19.0. The van der Waals surface area contributed by atoms with Gasteiger partial charge in [-0.05, 0) is 66.7 Å². The van der Waals surface area contributed by atoms with Crippen molar-refractivity contribution in [2.45, 2.75) is 9.79 Å². The molecule has 1 aromatic heterocycles. The maximum absolute atomic E-state index is 12.7. The molecule has 0 atom stereocenters. The number of rotatable bonds is 8. The standard InChI is InChI=1S/C23H20N4O7S2/c1-33-18-8-12-20(13-9-18)36(31,32)27-17-5-3-4-16(14-17)21(28)24-23-26-25-22(34-23)15-6-10-19(11-7-15)35(2,29)30/h3-14,27H,1-2H3,(H,24,26,28). The number of anilines is 2. The van der Waals surface area contributed by atoms with Gasteiger partial charge in [0.05, 0.1) is 16.9 Å². The molecule has 0 spiro atoms. The summed E-state index contributed by atoms with van der Waals surface area (Å²) in [6, 6.07) is 17.4. The fourth-order valence-electron chi connectivity index (χ4n) is 3.10. The minimum Gasteiger partial charge on any atom is -0.497 e. The molecule has 0 unspecified atom stereocenters. The van der Waals surface area contributed by atoms with Gasteiger partial charge in [-0.25, -0.2) is 16.8 Å². The molecule has 186 valence electrons. The van der Waals surface area contributed by atoms with E-state index in [0.29, 0.717) is 11.3 Å². The second kappa shape index (κ2) is 9.79. The van der Waals surface area contributed by atoms with Crippen LogP contribution in [-0.4, -0.2) is 46.3 Å². The molecule has 4 aromatic rings. The molecule has 13 heteroatoms. The SMILES string of the molecule is COc1ccc(S(=O)(=O)Nc2cccc(C(=O)Nc3nnc(-c4ccc(S(C)(=O)=O)cc4)o3)c2)cc1. The highest BCUT2D eigenvalue weighted by atomic mass is 32.2. The summed E-state index contributed by atoms with van der Waals surface area (Å²) in [6.45, 7) is 0. The lowest BCUT2D eigenvalue weighted by molar-refractivity contribution is 0.102. The average molecular weight is 529 g/mol. The molecule has 4 rings (SSSR count). The minimum absolute atomic E-state index is 0.0288. The average Bonchev–Trinajstić information content (AvgIpc) is 3.32. The number of nitrogens with zero attached hydrogens (tertiary/aromatic N) is 2. The van der Waals surface area contributed by atoms with Gasteiger partial charge in [-0.15, -0.1) is 5.10 Å². The fourth-order valence-corrected chi connectivity index (χ4v) is 4.78. The van der Waals surface area contributed by atoms with E-state index in [9.17, 15) is 21.6 Å². The summed E-state index contributed by atoms with van der Waals surface area (Å²) in [5.74, 6) is -0.0165. The molecule has 0 saturated heterocycles. The molecular formula is C23H20N4O7S2. The van der Waals surface area contributed by atoms with Gasteiger partial charge in [0, 0.05) is 23.1 Å². The number of sulfone groups is 1. The lowest BCUT2D eigenvalue weighted by atomic mass is 10.2. The molecule has 0 fully saturated rings. The largest absolute Gasteiger partial charge is 0.497 e. The topological polar surface area (TPSA) is 158 Å². The molecule has 2 N–H and O–H groups in total. The zero-order valence-corrected chi connectivity index (χ0v) is 20.6. The van der Waals surface area contributed by atoms with E-state index in [-0.39, 0.29) is 32.9 Å². The van der Waals surface area contributed by atoms with Crippen molar-refractivity contribution in [3.05, 3.63) is 78.4 Å². The molecule has 1 heterocycles. The van der Waals surface area contributed by atoms with Crippen LogP contribution in [0, 0.1) is 0 Å². The maximum Gasteiger partial charge on any atom is 0.322 e. The molecular weight excluding hydrogens is 508 g/mol. The summed E-state index contributed by atoms with van der Waals surface area (Å²) in [5, 5.41) is 10.1. The fraction of sp³-hybridized carbons (Fsp3) is 0.0870. The second-order valence-corrected chi connectivity index (χ2v) is 11.2. The summed E-state index contributed by atoms with van der Waals surface area (Å²) in [6.07, 6.45) is 1.10. The normalized spacial score (nSPS) is 11.6. The van der Waals surface area contributed by atoms with E-state index in [1.165, 1.54) is 79.9 Å². The molecule has 36 heavy (non-hydrogen) atoms. The Kier molecular flexibility index (Phi) is 6.77. The van der Waals surface area contributed by atoms with Crippen LogP contribution in [0.25, 0.3) is 11.5 Å². The first-order chi connectivity index (χ1) is 17.0. The highest BCUT2D eigenvalue weighted by molar-refractivity contribution is 7.92. The lowest BCUT2D eigenvalue weighted by Crippen LogP contribution is -2.15. The molecule has 3 aromatic carbocycles. The number of methoxy groups -OCH3 is 1. The zero-order chi connectivity index (χ0) is 25.9. The van der Waals surface area contributed by atoms with Gasteiger partial charge in [0.2, 0.25) is 5.89 Å². The predicted octanol–water partition coefficient (Wildman–Crippen LogP) is 3.20. The predicted molar refractivity (Wildman–Crippen MR) is 131 cm³/mol. The number of sulfonamides is 1. The molecule has 0 aliphatic rings. The Bertz CT molecular complexity index is 1610. The van der Waals surface area contributed by atoms with Crippen LogP contribution >= 0.6 is 0 Å². The smallest absolute Gasteiger partial charge is 0.322 e. The Labute approximate surface area is 207 Å². The number of carbonyl (C=O) groups excluding carboxylic acids is 1. The summed E-state index contributed by atoms with van der Waals surface area (Å²) < 4.78 is 61.4. The van der Waals surface area contributed by atoms with Crippen molar-refractivity contribution in [2.24, 2.45) is 0 Å².